The fraction of sp³-hybridized carbons (Fsp3) is 0.211. The molecule has 0 bridgehead atoms. The number of benzene rings is 2. The molecular weight excluding hydrogens is 290 g/mol. The lowest BCUT2D eigenvalue weighted by atomic mass is 9.77. The van der Waals surface area contributed by atoms with Gasteiger partial charge in [0.2, 0.25) is 0 Å². The van der Waals surface area contributed by atoms with Crippen molar-refractivity contribution in [3.05, 3.63) is 59.8 Å². The molecule has 0 spiro atoms. The molecule has 0 radical (unpaired) electrons. The van der Waals surface area contributed by atoms with E-state index in [0.717, 1.165) is 34.9 Å². The molecule has 4 heteroatoms. The number of aliphatic hydroxyl groups is 1. The third-order valence-corrected chi connectivity index (χ3v) is 4.74. The van der Waals surface area contributed by atoms with Gasteiger partial charge in [-0.1, -0.05) is 36.4 Å². The second-order valence-corrected chi connectivity index (χ2v) is 6.21. The maximum Gasteiger partial charge on any atom is 0.337 e. The van der Waals surface area contributed by atoms with Gasteiger partial charge in [-0.05, 0) is 41.5 Å². The van der Waals surface area contributed by atoms with E-state index in [1.54, 1.807) is 0 Å². The number of hydrogen-bond donors (Lipinski definition) is 3. The molecule has 1 aliphatic rings. The largest absolute Gasteiger partial charge is 0.478 e. The lowest BCUT2D eigenvalue weighted by molar-refractivity contribution is 0.0698. The molecule has 0 atom stereocenters. The van der Waals surface area contributed by atoms with Gasteiger partial charge in [0.05, 0.1) is 11.7 Å². The van der Waals surface area contributed by atoms with Crippen molar-refractivity contribution in [3.8, 4) is 11.1 Å². The van der Waals surface area contributed by atoms with Gasteiger partial charge in [0.25, 0.3) is 0 Å². The van der Waals surface area contributed by atoms with E-state index in [-0.39, 0.29) is 6.10 Å². The van der Waals surface area contributed by atoms with Crippen molar-refractivity contribution in [1.29, 1.82) is 0 Å². The molecule has 1 fully saturated rings. The van der Waals surface area contributed by atoms with Gasteiger partial charge in [0.15, 0.2) is 0 Å². The van der Waals surface area contributed by atoms with E-state index >= 15 is 0 Å². The topological polar surface area (TPSA) is 73.3 Å². The van der Waals surface area contributed by atoms with Gasteiger partial charge in [0.1, 0.15) is 0 Å². The van der Waals surface area contributed by atoms with Crippen molar-refractivity contribution in [2.45, 2.75) is 24.9 Å². The molecule has 1 aromatic heterocycles. The normalized spacial score (nSPS) is 20.4. The molecule has 0 aliphatic heterocycles. The number of fused-ring (bicyclic) bond motifs is 1. The first-order chi connectivity index (χ1) is 11.1. The molecule has 1 heterocycles. The Hall–Kier alpha value is -2.59. The van der Waals surface area contributed by atoms with Crippen molar-refractivity contribution in [1.82, 2.24) is 4.98 Å². The van der Waals surface area contributed by atoms with E-state index in [1.807, 2.05) is 18.2 Å². The van der Waals surface area contributed by atoms with Crippen molar-refractivity contribution in [3.63, 3.8) is 0 Å². The Morgan fingerprint density at radius 1 is 1.04 bits per heavy atom. The summed E-state index contributed by atoms with van der Waals surface area (Å²) in [5, 5.41) is 19.3. The molecular formula is C19H17NO3. The first-order valence-electron chi connectivity index (χ1n) is 7.74. The van der Waals surface area contributed by atoms with E-state index in [1.165, 1.54) is 11.8 Å². The summed E-state index contributed by atoms with van der Waals surface area (Å²) in [6.07, 6.45) is 3.10. The predicted molar refractivity (Wildman–Crippen MR) is 88.7 cm³/mol. The van der Waals surface area contributed by atoms with E-state index in [2.05, 4.69) is 29.2 Å². The van der Waals surface area contributed by atoms with Crippen LogP contribution in [0.1, 0.15) is 34.7 Å². The highest BCUT2D eigenvalue weighted by Crippen LogP contribution is 2.37. The predicted octanol–water partition coefficient (Wildman–Crippen LogP) is 3.77. The summed E-state index contributed by atoms with van der Waals surface area (Å²) in [5.74, 6) is -0.445. The van der Waals surface area contributed by atoms with Crippen molar-refractivity contribution >= 4 is 16.9 Å². The minimum absolute atomic E-state index is 0.140. The minimum atomic E-state index is -0.920. The molecule has 0 unspecified atom stereocenters. The monoisotopic (exact) mass is 307 g/mol. The zero-order valence-electron chi connectivity index (χ0n) is 12.5. The Kier molecular flexibility index (Phi) is 3.20. The van der Waals surface area contributed by atoms with E-state index in [0.29, 0.717) is 11.5 Å². The Bertz CT molecular complexity index is 873. The molecule has 2 aromatic carbocycles. The Balaban J connectivity index is 1.65. The van der Waals surface area contributed by atoms with Gasteiger partial charge < -0.3 is 15.2 Å². The number of carbonyl (C=O) groups is 1. The van der Waals surface area contributed by atoms with E-state index in [4.69, 9.17) is 5.11 Å². The summed E-state index contributed by atoms with van der Waals surface area (Å²) < 4.78 is 0. The summed E-state index contributed by atoms with van der Waals surface area (Å²) in [6.45, 7) is 0. The quantitative estimate of drug-likeness (QED) is 0.689. The molecule has 0 saturated heterocycles. The smallest absolute Gasteiger partial charge is 0.337 e. The van der Waals surface area contributed by atoms with Gasteiger partial charge in [-0.25, -0.2) is 4.79 Å². The maximum atomic E-state index is 11.2. The Morgan fingerprint density at radius 2 is 1.74 bits per heavy atom. The Morgan fingerprint density at radius 3 is 2.39 bits per heavy atom. The highest BCUT2D eigenvalue weighted by atomic mass is 16.4. The molecule has 1 saturated carbocycles. The zero-order chi connectivity index (χ0) is 16.0. The number of H-pyrrole nitrogens is 1. The third kappa shape index (κ3) is 2.41. The summed E-state index contributed by atoms with van der Waals surface area (Å²) in [6, 6.07) is 14.2. The maximum absolute atomic E-state index is 11.2. The van der Waals surface area contributed by atoms with Crippen LogP contribution in [-0.2, 0) is 0 Å². The molecule has 116 valence electrons. The van der Waals surface area contributed by atoms with Gasteiger partial charge in [-0.15, -0.1) is 0 Å². The molecule has 3 N–H and O–H groups in total. The lowest BCUT2D eigenvalue weighted by Crippen LogP contribution is -2.26. The number of aliphatic hydroxyl groups excluding tert-OH is 1. The van der Waals surface area contributed by atoms with Crippen LogP contribution in [0.2, 0.25) is 0 Å². The SMILES string of the molecule is O=C(O)c1c[nH]c2cc(-c3ccc(C4CC(O)C4)cc3)ccc12. The summed E-state index contributed by atoms with van der Waals surface area (Å²) in [4.78, 5) is 14.2. The van der Waals surface area contributed by atoms with Crippen LogP contribution >= 0.6 is 0 Å². The fourth-order valence-electron chi connectivity index (χ4n) is 3.29. The van der Waals surface area contributed by atoms with Crippen LogP contribution in [0.5, 0.6) is 0 Å². The fourth-order valence-corrected chi connectivity index (χ4v) is 3.29. The van der Waals surface area contributed by atoms with Crippen LogP contribution < -0.4 is 0 Å². The molecule has 3 aromatic rings. The molecule has 23 heavy (non-hydrogen) atoms. The van der Waals surface area contributed by atoms with Gasteiger partial charge >= 0.3 is 5.97 Å². The van der Waals surface area contributed by atoms with E-state index < -0.39 is 5.97 Å². The number of aromatic nitrogens is 1. The number of nitrogens with one attached hydrogen (secondary N) is 1. The number of rotatable bonds is 3. The molecule has 4 nitrogen and oxygen atoms in total. The second kappa shape index (κ2) is 5.25. The molecule has 1 aliphatic carbocycles. The summed E-state index contributed by atoms with van der Waals surface area (Å²) in [7, 11) is 0. The van der Waals surface area contributed by atoms with Crippen LogP contribution in [0.15, 0.2) is 48.7 Å². The lowest BCUT2D eigenvalue weighted by Gasteiger charge is -2.31. The zero-order valence-corrected chi connectivity index (χ0v) is 12.5. The van der Waals surface area contributed by atoms with Gasteiger partial charge in [-0.2, -0.15) is 0 Å². The van der Waals surface area contributed by atoms with Crippen LogP contribution in [0.4, 0.5) is 0 Å². The number of carboxylic acids is 1. The van der Waals surface area contributed by atoms with Gasteiger partial charge in [0, 0.05) is 17.1 Å². The van der Waals surface area contributed by atoms with Crippen LogP contribution in [0.3, 0.4) is 0 Å². The highest BCUT2D eigenvalue weighted by Gasteiger charge is 2.28. The summed E-state index contributed by atoms with van der Waals surface area (Å²) in [5.41, 5.74) is 4.54. The van der Waals surface area contributed by atoms with Crippen LogP contribution in [0, 0.1) is 0 Å². The average Bonchev–Trinajstić information content (AvgIpc) is 2.95. The van der Waals surface area contributed by atoms with E-state index in [9.17, 15) is 9.90 Å². The minimum Gasteiger partial charge on any atom is -0.478 e. The number of aromatic carboxylic acids is 1. The van der Waals surface area contributed by atoms with Gasteiger partial charge in [-0.3, -0.25) is 0 Å². The van der Waals surface area contributed by atoms with Crippen molar-refractivity contribution in [2.75, 3.05) is 0 Å². The number of carboxylic acid groups (broad SMARTS) is 1. The number of aromatic amines is 1. The van der Waals surface area contributed by atoms with Crippen molar-refractivity contribution in [2.24, 2.45) is 0 Å². The first kappa shape index (κ1) is 14.0. The average molecular weight is 307 g/mol. The standard InChI is InChI=1S/C19H17NO3/c21-15-7-14(8-15)12-3-1-11(2-4-12)13-5-6-16-17(19(22)23)10-20-18(16)9-13/h1-6,9-10,14-15,20-21H,7-8H2,(H,22,23). The Labute approximate surface area is 133 Å². The summed E-state index contributed by atoms with van der Waals surface area (Å²) >= 11 is 0. The highest BCUT2D eigenvalue weighted by molar-refractivity contribution is 6.04. The second-order valence-electron chi connectivity index (χ2n) is 6.21. The number of hydrogen-bond acceptors (Lipinski definition) is 2. The first-order valence-corrected chi connectivity index (χ1v) is 7.74. The van der Waals surface area contributed by atoms with Crippen molar-refractivity contribution < 1.29 is 15.0 Å². The van der Waals surface area contributed by atoms with Crippen LogP contribution in [-0.4, -0.2) is 27.3 Å². The molecule has 4 rings (SSSR count). The van der Waals surface area contributed by atoms with Crippen LogP contribution in [0.25, 0.3) is 22.0 Å². The third-order valence-electron chi connectivity index (χ3n) is 4.74. The molecule has 0 amide bonds.